The van der Waals surface area contributed by atoms with Gasteiger partial charge in [0.15, 0.2) is 11.5 Å². The molecule has 1 saturated heterocycles. The third-order valence-corrected chi connectivity index (χ3v) is 4.98. The fourth-order valence-corrected chi connectivity index (χ4v) is 3.21. The van der Waals surface area contributed by atoms with Crippen LogP contribution in [0.3, 0.4) is 0 Å². The van der Waals surface area contributed by atoms with E-state index in [1.165, 1.54) is 6.92 Å². The van der Waals surface area contributed by atoms with Gasteiger partial charge in [-0.25, -0.2) is 27.9 Å². The normalized spacial score (nSPS) is 18.1. The second-order valence-electron chi connectivity index (χ2n) is 7.34. The van der Waals surface area contributed by atoms with Gasteiger partial charge in [-0.3, -0.25) is 4.79 Å². The number of carbonyl (C=O) groups excluding carboxylic acids is 2. The summed E-state index contributed by atoms with van der Waals surface area (Å²) in [5.74, 6) is -2.66. The third kappa shape index (κ3) is 6.08. The molecule has 0 radical (unpaired) electrons. The summed E-state index contributed by atoms with van der Waals surface area (Å²) < 4.78 is 95.5. The number of urea groups is 1. The van der Waals surface area contributed by atoms with Gasteiger partial charge in [-0.05, 0) is 30.7 Å². The summed E-state index contributed by atoms with van der Waals surface area (Å²) in [4.78, 5) is 32.8. The summed E-state index contributed by atoms with van der Waals surface area (Å²) in [5.41, 5.74) is -2.28. The fraction of sp³-hybridized carbons (Fsp3) is 0.400. The fourth-order valence-electron chi connectivity index (χ4n) is 3.21. The number of ether oxygens (including phenoxy) is 1. The van der Waals surface area contributed by atoms with Crippen molar-refractivity contribution in [2.45, 2.75) is 38.0 Å². The monoisotopic (exact) mass is 509 g/mol. The summed E-state index contributed by atoms with van der Waals surface area (Å²) >= 11 is 0. The van der Waals surface area contributed by atoms with E-state index < -0.39 is 66.1 Å². The van der Waals surface area contributed by atoms with E-state index in [4.69, 9.17) is 0 Å². The summed E-state index contributed by atoms with van der Waals surface area (Å²) in [5, 5.41) is 4.97. The van der Waals surface area contributed by atoms with Crippen molar-refractivity contribution in [2.75, 3.05) is 13.1 Å². The van der Waals surface area contributed by atoms with Gasteiger partial charge in [-0.2, -0.15) is 17.6 Å². The molecule has 35 heavy (non-hydrogen) atoms. The number of hydrogen-bond donors (Lipinski definition) is 2. The summed E-state index contributed by atoms with van der Waals surface area (Å²) in [6.45, 7) is 1.66. The molecule has 8 nitrogen and oxygen atoms in total. The number of amides is 3. The molecule has 0 aliphatic carbocycles. The number of aromatic nitrogens is 2. The molecule has 1 unspecified atom stereocenters. The Bertz CT molecular complexity index is 1070. The molecule has 1 fully saturated rings. The third-order valence-electron chi connectivity index (χ3n) is 4.98. The lowest BCUT2D eigenvalue weighted by atomic mass is 10.0. The lowest BCUT2D eigenvalue weighted by Gasteiger charge is -2.34. The number of piperazine rings is 1. The van der Waals surface area contributed by atoms with Crippen LogP contribution in [0.25, 0.3) is 0 Å². The topological polar surface area (TPSA) is 96.5 Å². The van der Waals surface area contributed by atoms with Crippen LogP contribution in [0.15, 0.2) is 30.5 Å². The molecule has 2 aromatic heterocycles. The first-order chi connectivity index (χ1) is 16.4. The Kier molecular flexibility index (Phi) is 7.65. The van der Waals surface area contributed by atoms with Gasteiger partial charge in [0.25, 0.3) is 6.36 Å². The van der Waals surface area contributed by atoms with Crippen molar-refractivity contribution >= 4 is 11.9 Å². The van der Waals surface area contributed by atoms with Crippen molar-refractivity contribution in [2.24, 2.45) is 0 Å². The predicted octanol–water partition coefficient (Wildman–Crippen LogP) is 3.19. The molecule has 2 aromatic rings. The lowest BCUT2D eigenvalue weighted by Crippen LogP contribution is -2.58. The first-order valence-electron chi connectivity index (χ1n) is 10.0. The molecule has 190 valence electrons. The maximum absolute atomic E-state index is 13.8. The van der Waals surface area contributed by atoms with E-state index in [2.05, 4.69) is 25.3 Å². The molecule has 0 bridgehead atoms. The number of nitrogens with one attached hydrogen (secondary N) is 2. The van der Waals surface area contributed by atoms with Gasteiger partial charge in [0.05, 0.1) is 11.7 Å². The van der Waals surface area contributed by atoms with Crippen molar-refractivity contribution < 1.29 is 45.1 Å². The van der Waals surface area contributed by atoms with Crippen LogP contribution in [0.1, 0.15) is 29.9 Å². The number of carbonyl (C=O) groups is 2. The second-order valence-corrected chi connectivity index (χ2v) is 7.34. The van der Waals surface area contributed by atoms with E-state index in [0.29, 0.717) is 6.07 Å². The van der Waals surface area contributed by atoms with Gasteiger partial charge in [0.1, 0.15) is 6.04 Å². The average Bonchev–Trinajstić information content (AvgIpc) is 2.79. The SMILES string of the molecule is C[C@@H]1C(=O)NCCN1C(=O)N[C@@H](c1ccc(OC(F)C(F)F)nc1)c1ccc(F)c(C(F)(F)F)n1. The van der Waals surface area contributed by atoms with Crippen LogP contribution in [0, 0.1) is 5.82 Å². The minimum absolute atomic E-state index is 0.0144. The largest absolute Gasteiger partial charge is 0.437 e. The van der Waals surface area contributed by atoms with Crippen LogP contribution < -0.4 is 15.4 Å². The first-order valence-corrected chi connectivity index (χ1v) is 10.0. The highest BCUT2D eigenvalue weighted by Gasteiger charge is 2.38. The minimum Gasteiger partial charge on any atom is -0.437 e. The van der Waals surface area contributed by atoms with Crippen LogP contribution in [0.2, 0.25) is 0 Å². The maximum Gasteiger partial charge on any atom is 0.436 e. The standard InChI is InChI=1S/C20H18F7N5O3/c1-9-18(33)28-6-7-32(9)19(34)31-14(12-4-3-11(21)15(30-12)20(25,26)27)10-2-5-13(29-8-10)35-17(24)16(22)23/h2-5,8-9,14,16-17H,6-7H2,1H3,(H,28,33)(H,31,34)/t9-,14+,17?/m1/s1. The van der Waals surface area contributed by atoms with Crippen LogP contribution >= 0.6 is 0 Å². The Balaban J connectivity index is 1.96. The minimum atomic E-state index is -5.14. The Morgan fingerprint density at radius 1 is 1.23 bits per heavy atom. The van der Waals surface area contributed by atoms with Crippen LogP contribution in [-0.4, -0.2) is 58.7 Å². The van der Waals surface area contributed by atoms with Crippen molar-refractivity contribution in [3.05, 3.63) is 53.2 Å². The van der Waals surface area contributed by atoms with Gasteiger partial charge in [0, 0.05) is 25.4 Å². The number of pyridine rings is 2. The number of rotatable bonds is 6. The zero-order valence-electron chi connectivity index (χ0n) is 17.8. The predicted molar refractivity (Wildman–Crippen MR) is 105 cm³/mol. The molecule has 0 spiro atoms. The molecule has 0 aromatic carbocycles. The molecule has 3 amide bonds. The van der Waals surface area contributed by atoms with Gasteiger partial charge in [0.2, 0.25) is 11.8 Å². The Labute approximate surface area is 193 Å². The average molecular weight is 509 g/mol. The van der Waals surface area contributed by atoms with Gasteiger partial charge in [-0.1, -0.05) is 0 Å². The van der Waals surface area contributed by atoms with Crippen LogP contribution in [0.4, 0.5) is 35.5 Å². The van der Waals surface area contributed by atoms with Gasteiger partial charge in [-0.15, -0.1) is 0 Å². The van der Waals surface area contributed by atoms with E-state index in [1.54, 1.807) is 0 Å². The van der Waals surface area contributed by atoms with Crippen molar-refractivity contribution in [1.82, 2.24) is 25.5 Å². The second kappa shape index (κ2) is 10.3. The van der Waals surface area contributed by atoms with Crippen LogP contribution in [-0.2, 0) is 11.0 Å². The Hall–Kier alpha value is -3.65. The highest BCUT2D eigenvalue weighted by atomic mass is 19.4. The number of halogens is 7. The summed E-state index contributed by atoms with van der Waals surface area (Å²) in [6, 6.07) is 0.299. The zero-order valence-corrected chi connectivity index (χ0v) is 17.8. The highest BCUT2D eigenvalue weighted by molar-refractivity contribution is 5.88. The van der Waals surface area contributed by atoms with E-state index in [-0.39, 0.29) is 18.7 Å². The Morgan fingerprint density at radius 3 is 2.54 bits per heavy atom. The molecule has 3 heterocycles. The van der Waals surface area contributed by atoms with Gasteiger partial charge < -0.3 is 20.3 Å². The number of nitrogens with zero attached hydrogens (tertiary/aromatic N) is 3. The number of alkyl halides is 6. The molecule has 2 N–H and O–H groups in total. The van der Waals surface area contributed by atoms with E-state index in [1.807, 2.05) is 0 Å². The molecule has 15 heteroatoms. The first kappa shape index (κ1) is 26.0. The van der Waals surface area contributed by atoms with E-state index >= 15 is 0 Å². The maximum atomic E-state index is 13.8. The quantitative estimate of drug-likeness (QED) is 0.584. The molecule has 0 saturated carbocycles. The molecular formula is C20H18F7N5O3. The van der Waals surface area contributed by atoms with Gasteiger partial charge >= 0.3 is 18.6 Å². The zero-order chi connectivity index (χ0) is 25.9. The molecule has 3 atom stereocenters. The highest BCUT2D eigenvalue weighted by Crippen LogP contribution is 2.32. The lowest BCUT2D eigenvalue weighted by molar-refractivity contribution is -0.143. The smallest absolute Gasteiger partial charge is 0.436 e. The number of hydrogen-bond acceptors (Lipinski definition) is 5. The summed E-state index contributed by atoms with van der Waals surface area (Å²) in [7, 11) is 0. The molecule has 3 rings (SSSR count). The van der Waals surface area contributed by atoms with Crippen molar-refractivity contribution in [3.8, 4) is 5.88 Å². The Morgan fingerprint density at radius 2 is 1.94 bits per heavy atom. The molecule has 1 aliphatic rings. The van der Waals surface area contributed by atoms with E-state index in [0.717, 1.165) is 29.3 Å². The van der Waals surface area contributed by atoms with Crippen LogP contribution in [0.5, 0.6) is 5.88 Å². The summed E-state index contributed by atoms with van der Waals surface area (Å²) in [6.07, 6.45) is -10.6. The molecular weight excluding hydrogens is 491 g/mol. The molecule has 1 aliphatic heterocycles. The van der Waals surface area contributed by atoms with E-state index in [9.17, 15) is 40.3 Å². The van der Waals surface area contributed by atoms with Crippen molar-refractivity contribution in [1.29, 1.82) is 0 Å². The van der Waals surface area contributed by atoms with Crippen molar-refractivity contribution in [3.63, 3.8) is 0 Å².